The summed E-state index contributed by atoms with van der Waals surface area (Å²) in [5.74, 6) is 0.985. The molecule has 0 aromatic heterocycles. The van der Waals surface area contributed by atoms with Crippen molar-refractivity contribution >= 4 is 15.9 Å². The van der Waals surface area contributed by atoms with Crippen molar-refractivity contribution in [3.63, 3.8) is 0 Å². The van der Waals surface area contributed by atoms with Gasteiger partial charge in [-0.05, 0) is 49.4 Å². The molecule has 0 aliphatic heterocycles. The minimum atomic E-state index is 0.412. The molecule has 1 aliphatic rings. The molecule has 1 saturated carbocycles. The number of methoxy groups -OCH3 is 1. The van der Waals surface area contributed by atoms with Crippen molar-refractivity contribution in [1.82, 2.24) is 5.32 Å². The Kier molecular flexibility index (Phi) is 6.14. The SMILES string of the molecule is COCCNCc1cc(OC2CCCC2)ccc1Br. The molecule has 1 aromatic carbocycles. The summed E-state index contributed by atoms with van der Waals surface area (Å²) in [6.07, 6.45) is 5.39. The highest BCUT2D eigenvalue weighted by Gasteiger charge is 2.16. The highest BCUT2D eigenvalue weighted by atomic mass is 79.9. The summed E-state index contributed by atoms with van der Waals surface area (Å²) in [5, 5.41) is 3.35. The Balaban J connectivity index is 1.90. The molecule has 1 fully saturated rings. The number of halogens is 1. The van der Waals surface area contributed by atoms with Crippen molar-refractivity contribution in [3.05, 3.63) is 28.2 Å². The van der Waals surface area contributed by atoms with Crippen molar-refractivity contribution < 1.29 is 9.47 Å². The molecule has 0 spiro atoms. The van der Waals surface area contributed by atoms with Gasteiger partial charge in [-0.1, -0.05) is 15.9 Å². The van der Waals surface area contributed by atoms with Crippen LogP contribution in [0, 0.1) is 0 Å². The zero-order valence-electron chi connectivity index (χ0n) is 11.5. The second kappa shape index (κ2) is 7.88. The molecule has 0 amide bonds. The highest BCUT2D eigenvalue weighted by molar-refractivity contribution is 9.10. The molecule has 19 heavy (non-hydrogen) atoms. The average molecular weight is 328 g/mol. The molecular formula is C15H22BrNO2. The molecule has 0 radical (unpaired) electrons. The van der Waals surface area contributed by atoms with Crippen LogP contribution in [0.4, 0.5) is 0 Å². The Morgan fingerprint density at radius 3 is 2.84 bits per heavy atom. The molecular weight excluding hydrogens is 306 g/mol. The Bertz CT molecular complexity index is 392. The molecule has 0 saturated heterocycles. The lowest BCUT2D eigenvalue weighted by molar-refractivity contribution is 0.199. The number of rotatable bonds is 7. The summed E-state index contributed by atoms with van der Waals surface area (Å²) in [6, 6.07) is 6.24. The van der Waals surface area contributed by atoms with E-state index < -0.39 is 0 Å². The fourth-order valence-corrected chi connectivity index (χ4v) is 2.74. The Hall–Kier alpha value is -0.580. The van der Waals surface area contributed by atoms with E-state index in [1.807, 2.05) is 6.07 Å². The van der Waals surface area contributed by atoms with Gasteiger partial charge in [0.1, 0.15) is 5.75 Å². The van der Waals surface area contributed by atoms with Gasteiger partial charge in [-0.25, -0.2) is 0 Å². The van der Waals surface area contributed by atoms with E-state index in [2.05, 4.69) is 33.4 Å². The average Bonchev–Trinajstić information content (AvgIpc) is 2.91. The predicted octanol–water partition coefficient (Wildman–Crippen LogP) is 3.51. The number of ether oxygens (including phenoxy) is 2. The second-order valence-corrected chi connectivity index (χ2v) is 5.80. The van der Waals surface area contributed by atoms with Crippen molar-refractivity contribution in [2.75, 3.05) is 20.3 Å². The Morgan fingerprint density at radius 2 is 2.11 bits per heavy atom. The highest BCUT2D eigenvalue weighted by Crippen LogP contribution is 2.27. The normalized spacial score (nSPS) is 15.9. The molecule has 1 aliphatic carbocycles. The molecule has 2 rings (SSSR count). The van der Waals surface area contributed by atoms with E-state index in [4.69, 9.17) is 9.47 Å². The van der Waals surface area contributed by atoms with Crippen LogP contribution in [-0.2, 0) is 11.3 Å². The van der Waals surface area contributed by atoms with Crippen molar-refractivity contribution in [3.8, 4) is 5.75 Å². The fraction of sp³-hybridized carbons (Fsp3) is 0.600. The third-order valence-corrected chi connectivity index (χ3v) is 4.19. The summed E-state index contributed by atoms with van der Waals surface area (Å²) in [7, 11) is 1.72. The van der Waals surface area contributed by atoms with E-state index in [1.54, 1.807) is 7.11 Å². The van der Waals surface area contributed by atoms with Crippen LogP contribution in [0.15, 0.2) is 22.7 Å². The van der Waals surface area contributed by atoms with E-state index in [0.29, 0.717) is 6.10 Å². The number of hydrogen-bond donors (Lipinski definition) is 1. The number of nitrogens with one attached hydrogen (secondary N) is 1. The molecule has 3 nitrogen and oxygen atoms in total. The maximum Gasteiger partial charge on any atom is 0.120 e. The molecule has 0 heterocycles. The largest absolute Gasteiger partial charge is 0.490 e. The van der Waals surface area contributed by atoms with Crippen LogP contribution in [0.2, 0.25) is 0 Å². The second-order valence-electron chi connectivity index (χ2n) is 4.95. The van der Waals surface area contributed by atoms with Gasteiger partial charge in [0.15, 0.2) is 0 Å². The topological polar surface area (TPSA) is 30.5 Å². The van der Waals surface area contributed by atoms with E-state index >= 15 is 0 Å². The first-order valence-electron chi connectivity index (χ1n) is 6.94. The zero-order chi connectivity index (χ0) is 13.5. The molecule has 0 atom stereocenters. The van der Waals surface area contributed by atoms with E-state index in [9.17, 15) is 0 Å². The lowest BCUT2D eigenvalue weighted by atomic mass is 10.2. The van der Waals surface area contributed by atoms with E-state index in [1.165, 1.54) is 31.2 Å². The van der Waals surface area contributed by atoms with Gasteiger partial charge in [-0.15, -0.1) is 0 Å². The standard InChI is InChI=1S/C15H22BrNO2/c1-18-9-8-17-11-12-10-14(6-7-15(12)16)19-13-4-2-3-5-13/h6-7,10,13,17H,2-5,8-9,11H2,1H3. The first-order valence-corrected chi connectivity index (χ1v) is 7.73. The minimum Gasteiger partial charge on any atom is -0.490 e. The maximum atomic E-state index is 6.03. The molecule has 106 valence electrons. The summed E-state index contributed by atoms with van der Waals surface area (Å²) in [6.45, 7) is 2.42. The van der Waals surface area contributed by atoms with Gasteiger partial charge in [0.2, 0.25) is 0 Å². The number of hydrogen-bond acceptors (Lipinski definition) is 3. The minimum absolute atomic E-state index is 0.412. The van der Waals surface area contributed by atoms with Crippen LogP contribution in [0.5, 0.6) is 5.75 Å². The monoisotopic (exact) mass is 327 g/mol. The van der Waals surface area contributed by atoms with E-state index in [-0.39, 0.29) is 0 Å². The summed E-state index contributed by atoms with van der Waals surface area (Å²) < 4.78 is 12.2. The first kappa shape index (κ1) is 14.8. The summed E-state index contributed by atoms with van der Waals surface area (Å²) >= 11 is 3.59. The summed E-state index contributed by atoms with van der Waals surface area (Å²) in [4.78, 5) is 0. The van der Waals surface area contributed by atoms with E-state index in [0.717, 1.165) is 29.9 Å². The van der Waals surface area contributed by atoms with Crippen LogP contribution < -0.4 is 10.1 Å². The molecule has 0 unspecified atom stereocenters. The summed E-state index contributed by atoms with van der Waals surface area (Å²) in [5.41, 5.74) is 1.23. The third-order valence-electron chi connectivity index (χ3n) is 3.42. The van der Waals surface area contributed by atoms with Gasteiger partial charge in [-0.3, -0.25) is 0 Å². The maximum absolute atomic E-state index is 6.03. The lowest BCUT2D eigenvalue weighted by Crippen LogP contribution is -2.19. The van der Waals surface area contributed by atoms with Crippen LogP contribution in [0.1, 0.15) is 31.2 Å². The molecule has 4 heteroatoms. The van der Waals surface area contributed by atoms with Crippen molar-refractivity contribution in [1.29, 1.82) is 0 Å². The van der Waals surface area contributed by atoms with Gasteiger partial charge < -0.3 is 14.8 Å². The quantitative estimate of drug-likeness (QED) is 0.777. The predicted molar refractivity (Wildman–Crippen MR) is 80.6 cm³/mol. The molecule has 1 N–H and O–H groups in total. The zero-order valence-corrected chi connectivity index (χ0v) is 13.0. The van der Waals surface area contributed by atoms with Gasteiger partial charge >= 0.3 is 0 Å². The van der Waals surface area contributed by atoms with Crippen LogP contribution >= 0.6 is 15.9 Å². The van der Waals surface area contributed by atoms with Crippen LogP contribution in [0.3, 0.4) is 0 Å². The lowest BCUT2D eigenvalue weighted by Gasteiger charge is -2.15. The van der Waals surface area contributed by atoms with Crippen molar-refractivity contribution in [2.24, 2.45) is 0 Å². The van der Waals surface area contributed by atoms with Crippen LogP contribution in [0.25, 0.3) is 0 Å². The third kappa shape index (κ3) is 4.79. The molecule has 0 bridgehead atoms. The van der Waals surface area contributed by atoms with Gasteiger partial charge in [0.05, 0.1) is 12.7 Å². The Morgan fingerprint density at radius 1 is 1.32 bits per heavy atom. The van der Waals surface area contributed by atoms with Gasteiger partial charge in [0, 0.05) is 24.7 Å². The number of benzene rings is 1. The van der Waals surface area contributed by atoms with Crippen LogP contribution in [-0.4, -0.2) is 26.4 Å². The first-order chi connectivity index (χ1) is 9.29. The molecule has 1 aromatic rings. The Labute approximate surface area is 123 Å². The van der Waals surface area contributed by atoms with Crippen molar-refractivity contribution in [2.45, 2.75) is 38.3 Å². The smallest absolute Gasteiger partial charge is 0.120 e. The fourth-order valence-electron chi connectivity index (χ4n) is 2.36. The van der Waals surface area contributed by atoms with Gasteiger partial charge in [0.25, 0.3) is 0 Å². The van der Waals surface area contributed by atoms with Gasteiger partial charge in [-0.2, -0.15) is 0 Å².